The van der Waals surface area contributed by atoms with Crippen LogP contribution in [0.2, 0.25) is 0 Å². The molecule has 0 saturated heterocycles. The lowest BCUT2D eigenvalue weighted by molar-refractivity contribution is -0.150. The van der Waals surface area contributed by atoms with Crippen LogP contribution in [0.25, 0.3) is 10.9 Å². The second-order valence-corrected chi connectivity index (χ2v) is 7.91. The third-order valence-corrected chi connectivity index (χ3v) is 5.19. The van der Waals surface area contributed by atoms with Gasteiger partial charge < -0.3 is 29.8 Å². The molecule has 2 atom stereocenters. The third kappa shape index (κ3) is 9.41. The summed E-state index contributed by atoms with van der Waals surface area (Å²) in [6, 6.07) is 5.42. The van der Waals surface area contributed by atoms with E-state index < -0.39 is 35.7 Å². The summed E-state index contributed by atoms with van der Waals surface area (Å²) in [5.41, 5.74) is 8.47. The molecule has 1 unspecified atom stereocenters. The lowest BCUT2D eigenvalue weighted by Gasteiger charge is -2.22. The maximum Gasteiger partial charge on any atom is 0.372 e. The first-order valence-electron chi connectivity index (χ1n) is 11.4. The van der Waals surface area contributed by atoms with E-state index in [0.29, 0.717) is 13.2 Å². The summed E-state index contributed by atoms with van der Waals surface area (Å²) in [7, 11) is 1.54. The quantitative estimate of drug-likeness (QED) is 0.0853. The Labute approximate surface area is 208 Å². The second kappa shape index (κ2) is 15.2. The van der Waals surface area contributed by atoms with Gasteiger partial charge >= 0.3 is 12.2 Å². The fraction of sp³-hybridized carbons (Fsp3) is 0.458. The minimum Gasteiger partial charge on any atom is -0.462 e. The normalized spacial score (nSPS) is 12.3. The molecule has 0 radical (unpaired) electrons. The number of Topliss-reactive ketones (excluding diaryl/α,β-unsaturated/α-hetero) is 1. The van der Waals surface area contributed by atoms with Gasteiger partial charge in [-0.05, 0) is 18.1 Å². The SMILES string of the molecule is COCCOCCOC(=O)[C@H](CCC(=O)C=[N+]=N)NC(=O)C(Cc1c[nH]c2ccccc12)NC(C)=O. The van der Waals surface area contributed by atoms with Crippen LogP contribution in [-0.2, 0) is 39.8 Å². The maximum absolute atomic E-state index is 13.2. The maximum atomic E-state index is 13.2. The number of amides is 2. The van der Waals surface area contributed by atoms with Crippen LogP contribution >= 0.6 is 0 Å². The number of H-pyrrole nitrogens is 1. The van der Waals surface area contributed by atoms with E-state index in [4.69, 9.17) is 19.7 Å². The van der Waals surface area contributed by atoms with Crippen molar-refractivity contribution in [1.29, 1.82) is 5.53 Å². The number of nitrogens with one attached hydrogen (secondary N) is 4. The first kappa shape index (κ1) is 28.4. The monoisotopic (exact) mass is 502 g/mol. The van der Waals surface area contributed by atoms with Gasteiger partial charge in [0.1, 0.15) is 18.7 Å². The highest BCUT2D eigenvalue weighted by Crippen LogP contribution is 2.19. The number of nitrogens with zero attached hydrogens (tertiary/aromatic N) is 1. The lowest BCUT2D eigenvalue weighted by atomic mass is 10.0. The smallest absolute Gasteiger partial charge is 0.372 e. The molecule has 0 aliphatic carbocycles. The first-order chi connectivity index (χ1) is 17.3. The predicted octanol–water partition coefficient (Wildman–Crippen LogP) is 0.565. The largest absolute Gasteiger partial charge is 0.462 e. The molecule has 0 fully saturated rings. The Morgan fingerprint density at radius 3 is 2.56 bits per heavy atom. The molecule has 12 heteroatoms. The van der Waals surface area contributed by atoms with E-state index in [1.54, 1.807) is 6.20 Å². The minimum atomic E-state index is -1.15. The standard InChI is InChI=1S/C24H31N5O7/c1-16(30)28-22(13-17-14-26-20-6-4-3-5-19(17)20)23(32)29-21(8-7-18(31)15-27-25)24(33)36-12-11-35-10-9-34-2/h3-6,14-15,21-22,25-26H,7-13H2,1-2H3,(H-,28,29,30,32)/p+1/t21-,22?/m0/s1. The van der Waals surface area contributed by atoms with Crippen molar-refractivity contribution in [3.8, 4) is 0 Å². The number of esters is 1. The molecule has 36 heavy (non-hydrogen) atoms. The number of fused-ring (bicyclic) bond motifs is 1. The van der Waals surface area contributed by atoms with Gasteiger partial charge in [-0.2, -0.15) is 0 Å². The zero-order valence-electron chi connectivity index (χ0n) is 20.4. The van der Waals surface area contributed by atoms with Crippen LogP contribution in [0.4, 0.5) is 0 Å². The molecule has 1 heterocycles. The molecule has 4 N–H and O–H groups in total. The molecule has 1 aromatic carbocycles. The van der Waals surface area contributed by atoms with Crippen LogP contribution < -0.4 is 10.6 Å². The fourth-order valence-corrected chi connectivity index (χ4v) is 3.47. The summed E-state index contributed by atoms with van der Waals surface area (Å²) in [6.45, 7) is 2.11. The Morgan fingerprint density at radius 2 is 1.83 bits per heavy atom. The average Bonchev–Trinajstić information content (AvgIpc) is 3.26. The molecule has 0 bridgehead atoms. The van der Waals surface area contributed by atoms with Crippen LogP contribution in [0.1, 0.15) is 25.3 Å². The van der Waals surface area contributed by atoms with Gasteiger partial charge in [-0.1, -0.05) is 18.2 Å². The van der Waals surface area contributed by atoms with Gasteiger partial charge in [0.2, 0.25) is 17.6 Å². The van der Waals surface area contributed by atoms with E-state index in [1.165, 1.54) is 14.0 Å². The number of methoxy groups -OCH3 is 1. The van der Waals surface area contributed by atoms with Gasteiger partial charge in [0.15, 0.2) is 0 Å². The van der Waals surface area contributed by atoms with Gasteiger partial charge in [0, 0.05) is 44.0 Å². The Kier molecular flexibility index (Phi) is 12.0. The van der Waals surface area contributed by atoms with E-state index >= 15 is 0 Å². The number of ketones is 1. The summed E-state index contributed by atoms with van der Waals surface area (Å²) in [4.78, 5) is 55.5. The lowest BCUT2D eigenvalue weighted by Crippen LogP contribution is -2.52. The summed E-state index contributed by atoms with van der Waals surface area (Å²) < 4.78 is 15.3. The number of benzene rings is 1. The first-order valence-corrected chi connectivity index (χ1v) is 11.4. The highest BCUT2D eigenvalue weighted by atomic mass is 16.6. The Bertz CT molecular complexity index is 1090. The summed E-state index contributed by atoms with van der Waals surface area (Å²) in [6.07, 6.45) is 2.56. The molecule has 12 nitrogen and oxygen atoms in total. The van der Waals surface area contributed by atoms with Crippen LogP contribution in [-0.4, -0.2) is 85.2 Å². The molecule has 1 aromatic heterocycles. The van der Waals surface area contributed by atoms with Crippen molar-refractivity contribution in [2.75, 3.05) is 33.5 Å². The molecular weight excluding hydrogens is 470 g/mol. The summed E-state index contributed by atoms with van der Waals surface area (Å²) >= 11 is 0. The zero-order chi connectivity index (χ0) is 26.3. The molecule has 0 spiro atoms. The molecule has 194 valence electrons. The number of hydrogen-bond acceptors (Lipinski definition) is 8. The van der Waals surface area contributed by atoms with Gasteiger partial charge in [-0.25, -0.2) is 4.79 Å². The Balaban J connectivity index is 2.10. The van der Waals surface area contributed by atoms with Gasteiger partial charge in [-0.15, -0.1) is 0 Å². The van der Waals surface area contributed by atoms with Crippen molar-refractivity contribution < 1.29 is 38.2 Å². The highest BCUT2D eigenvalue weighted by Gasteiger charge is 2.28. The predicted molar refractivity (Wildman–Crippen MR) is 128 cm³/mol. The molecular formula is C24H32N5O7+. The molecule has 0 aliphatic rings. The van der Waals surface area contributed by atoms with Crippen molar-refractivity contribution >= 4 is 40.7 Å². The number of aromatic amines is 1. The topological polar surface area (TPSA) is 174 Å². The zero-order valence-corrected chi connectivity index (χ0v) is 20.4. The summed E-state index contributed by atoms with van der Waals surface area (Å²) in [5.74, 6) is -2.24. The highest BCUT2D eigenvalue weighted by molar-refractivity contribution is 6.25. The Hall–Kier alpha value is -3.86. The van der Waals surface area contributed by atoms with Crippen molar-refractivity contribution in [3.05, 3.63) is 36.0 Å². The van der Waals surface area contributed by atoms with Crippen molar-refractivity contribution in [1.82, 2.24) is 15.6 Å². The van der Waals surface area contributed by atoms with Crippen molar-refractivity contribution in [2.24, 2.45) is 0 Å². The second-order valence-electron chi connectivity index (χ2n) is 7.91. The Morgan fingerprint density at radius 1 is 1.08 bits per heavy atom. The minimum absolute atomic E-state index is 0.0541. The third-order valence-electron chi connectivity index (χ3n) is 5.19. The summed E-state index contributed by atoms with van der Waals surface area (Å²) in [5, 5.41) is 6.13. The van der Waals surface area contributed by atoms with Gasteiger partial charge in [0.05, 0.1) is 30.1 Å². The average molecular weight is 503 g/mol. The molecule has 0 aliphatic heterocycles. The van der Waals surface area contributed by atoms with Crippen LogP contribution in [0.15, 0.2) is 30.5 Å². The number of carbonyl (C=O) groups excluding carboxylic acids is 4. The van der Waals surface area contributed by atoms with Gasteiger partial charge in [-0.3, -0.25) is 14.4 Å². The van der Waals surface area contributed by atoms with Crippen LogP contribution in [0.5, 0.6) is 0 Å². The van der Waals surface area contributed by atoms with E-state index in [2.05, 4.69) is 20.4 Å². The van der Waals surface area contributed by atoms with E-state index in [-0.39, 0.29) is 32.5 Å². The number of rotatable bonds is 16. The van der Waals surface area contributed by atoms with E-state index in [9.17, 15) is 19.2 Å². The van der Waals surface area contributed by atoms with E-state index in [1.807, 2.05) is 24.3 Å². The fourth-order valence-electron chi connectivity index (χ4n) is 3.47. The van der Waals surface area contributed by atoms with Gasteiger partial charge in [0.25, 0.3) is 0 Å². The number of carbonyl (C=O) groups is 4. The number of ether oxygens (including phenoxy) is 3. The van der Waals surface area contributed by atoms with Crippen LogP contribution in [0.3, 0.4) is 0 Å². The molecule has 0 saturated carbocycles. The van der Waals surface area contributed by atoms with E-state index in [0.717, 1.165) is 22.7 Å². The number of hydrogen-bond donors (Lipinski definition) is 4. The molecule has 2 amide bonds. The van der Waals surface area contributed by atoms with Crippen molar-refractivity contribution in [3.63, 3.8) is 0 Å². The van der Waals surface area contributed by atoms with Crippen LogP contribution in [0, 0.1) is 5.53 Å². The molecule has 2 aromatic rings. The number of aromatic nitrogens is 1. The van der Waals surface area contributed by atoms with Crippen molar-refractivity contribution in [2.45, 2.75) is 38.3 Å². The molecule has 2 rings (SSSR count). The number of para-hydroxylation sites is 1.